The Bertz CT molecular complexity index is 833. The fourth-order valence-electron chi connectivity index (χ4n) is 2.86. The molecular weight excluding hydrogens is 454 g/mol. The van der Waals surface area contributed by atoms with Crippen LogP contribution in [0, 0.1) is 0 Å². The van der Waals surface area contributed by atoms with Gasteiger partial charge < -0.3 is 47.7 Å². The predicted octanol–water partition coefficient (Wildman–Crippen LogP) is -3.59. The number of aromatic nitrogens is 2. The third-order valence-corrected chi connectivity index (χ3v) is 4.73. The smallest absolute Gasteiger partial charge is 0.326 e. The van der Waals surface area contributed by atoms with Crippen molar-refractivity contribution < 1.29 is 39.3 Å². The van der Waals surface area contributed by atoms with Gasteiger partial charge in [-0.1, -0.05) is 6.42 Å². The third-order valence-electron chi connectivity index (χ3n) is 4.73. The predicted molar refractivity (Wildman–Crippen MR) is 116 cm³/mol. The van der Waals surface area contributed by atoms with Crippen LogP contribution in [0.1, 0.15) is 31.4 Å². The monoisotopic (exact) mass is 485 g/mol. The van der Waals surface area contributed by atoms with E-state index in [2.05, 4.69) is 25.9 Å². The lowest BCUT2D eigenvalue weighted by Gasteiger charge is -2.23. The number of aromatic amines is 1. The molecule has 1 aromatic rings. The second kappa shape index (κ2) is 14.6. The molecule has 0 aliphatic rings. The lowest BCUT2D eigenvalue weighted by atomic mass is 10.1. The van der Waals surface area contributed by atoms with E-state index in [0.717, 1.165) is 0 Å². The van der Waals surface area contributed by atoms with Crippen molar-refractivity contribution in [3.05, 3.63) is 18.2 Å². The molecule has 0 bridgehead atoms. The van der Waals surface area contributed by atoms with E-state index in [4.69, 9.17) is 16.6 Å². The first-order chi connectivity index (χ1) is 16.1. The summed E-state index contributed by atoms with van der Waals surface area (Å²) >= 11 is 0. The normalized spacial score (nSPS) is 14.3. The van der Waals surface area contributed by atoms with Gasteiger partial charge in [0.1, 0.15) is 18.1 Å². The van der Waals surface area contributed by atoms with E-state index in [0.29, 0.717) is 31.5 Å². The second-order valence-corrected chi connectivity index (χ2v) is 7.47. The van der Waals surface area contributed by atoms with Gasteiger partial charge in [-0.2, -0.15) is 0 Å². The average molecular weight is 485 g/mol. The number of unbranched alkanes of at least 4 members (excludes halogenated alkanes) is 1. The molecule has 0 saturated carbocycles. The summed E-state index contributed by atoms with van der Waals surface area (Å²) in [4.78, 5) is 66.4. The van der Waals surface area contributed by atoms with Gasteiger partial charge in [-0.05, 0) is 19.4 Å². The quantitative estimate of drug-likeness (QED) is 0.103. The van der Waals surface area contributed by atoms with Crippen molar-refractivity contribution in [3.63, 3.8) is 0 Å². The molecule has 1 aromatic heterocycles. The summed E-state index contributed by atoms with van der Waals surface area (Å²) in [5.74, 6) is -5.70. The number of carbonyl (C=O) groups is 5. The molecule has 1 heterocycles. The van der Waals surface area contributed by atoms with Gasteiger partial charge in [0.2, 0.25) is 17.7 Å². The van der Waals surface area contributed by atoms with Crippen molar-refractivity contribution in [3.8, 4) is 0 Å². The van der Waals surface area contributed by atoms with Gasteiger partial charge in [0.25, 0.3) is 0 Å². The van der Waals surface area contributed by atoms with Gasteiger partial charge >= 0.3 is 11.9 Å². The Morgan fingerprint density at radius 2 is 1.59 bits per heavy atom. The van der Waals surface area contributed by atoms with Gasteiger partial charge in [0.15, 0.2) is 0 Å². The van der Waals surface area contributed by atoms with Crippen molar-refractivity contribution in [2.45, 2.75) is 56.3 Å². The van der Waals surface area contributed by atoms with Crippen molar-refractivity contribution in [2.24, 2.45) is 11.5 Å². The fraction of sp³-hybridized carbons (Fsp3) is 0.579. The number of aliphatic hydroxyl groups excluding tert-OH is 1. The van der Waals surface area contributed by atoms with E-state index in [9.17, 15) is 34.2 Å². The first kappa shape index (κ1) is 28.5. The standard InChI is InChI=1S/C19H31N7O8/c20-4-2-1-3-11(21)16(30)26-14(8-27)18(32)24-12(6-15(28)29)17(31)25-13(19(33)34)5-10-7-22-9-23-10/h7,9,11-14,27H,1-6,8,20-21H2,(H,22,23)(H,24,32)(H,25,31)(H,26,30)(H,28,29)(H,33,34). The zero-order valence-corrected chi connectivity index (χ0v) is 18.4. The van der Waals surface area contributed by atoms with E-state index in [1.54, 1.807) is 0 Å². The van der Waals surface area contributed by atoms with Gasteiger partial charge in [-0.25, -0.2) is 9.78 Å². The summed E-state index contributed by atoms with van der Waals surface area (Å²) in [7, 11) is 0. The van der Waals surface area contributed by atoms with Crippen LogP contribution in [0.2, 0.25) is 0 Å². The molecule has 15 nitrogen and oxygen atoms in total. The molecule has 0 aliphatic heterocycles. The molecular formula is C19H31N7O8. The first-order valence-electron chi connectivity index (χ1n) is 10.5. The first-order valence-corrected chi connectivity index (χ1v) is 10.5. The summed E-state index contributed by atoms with van der Waals surface area (Å²) in [5, 5.41) is 34.5. The van der Waals surface area contributed by atoms with Gasteiger partial charge in [0, 0.05) is 18.3 Å². The van der Waals surface area contributed by atoms with Crippen LogP contribution in [-0.4, -0.2) is 92.3 Å². The summed E-state index contributed by atoms with van der Waals surface area (Å²) in [6.45, 7) is -0.431. The van der Waals surface area contributed by atoms with Gasteiger partial charge in [-0.3, -0.25) is 19.2 Å². The highest BCUT2D eigenvalue weighted by Gasteiger charge is 2.31. The number of imidazole rings is 1. The maximum atomic E-state index is 12.6. The van der Waals surface area contributed by atoms with Crippen LogP contribution >= 0.6 is 0 Å². The van der Waals surface area contributed by atoms with E-state index in [-0.39, 0.29) is 6.42 Å². The number of amides is 3. The maximum Gasteiger partial charge on any atom is 0.326 e. The van der Waals surface area contributed by atoms with Crippen LogP contribution in [-0.2, 0) is 30.4 Å². The lowest BCUT2D eigenvalue weighted by molar-refractivity contribution is -0.143. The lowest BCUT2D eigenvalue weighted by Crippen LogP contribution is -2.58. The van der Waals surface area contributed by atoms with Crippen LogP contribution in [0.4, 0.5) is 0 Å². The highest BCUT2D eigenvalue weighted by Crippen LogP contribution is 2.03. The molecule has 0 aromatic carbocycles. The number of carboxylic acids is 2. The highest BCUT2D eigenvalue weighted by molar-refractivity contribution is 5.95. The SMILES string of the molecule is NCCCCC(N)C(=O)NC(CO)C(=O)NC(CC(=O)O)C(=O)NC(Cc1cnc[nH]1)C(=O)O. The number of carbonyl (C=O) groups excluding carboxylic acids is 3. The minimum atomic E-state index is -1.68. The van der Waals surface area contributed by atoms with Crippen molar-refractivity contribution >= 4 is 29.7 Å². The molecule has 3 amide bonds. The second-order valence-electron chi connectivity index (χ2n) is 7.47. The van der Waals surface area contributed by atoms with Crippen LogP contribution < -0.4 is 27.4 Å². The Balaban J connectivity index is 2.82. The molecule has 0 fully saturated rings. The number of rotatable bonds is 16. The van der Waals surface area contributed by atoms with E-state index in [1.807, 2.05) is 0 Å². The van der Waals surface area contributed by atoms with Crippen LogP contribution in [0.3, 0.4) is 0 Å². The third kappa shape index (κ3) is 9.93. The number of nitrogens with zero attached hydrogens (tertiary/aromatic N) is 1. The zero-order chi connectivity index (χ0) is 25.7. The summed E-state index contributed by atoms with van der Waals surface area (Å²) in [6, 6.07) is -5.61. The zero-order valence-electron chi connectivity index (χ0n) is 18.4. The number of carboxylic acid groups (broad SMARTS) is 2. The van der Waals surface area contributed by atoms with Crippen LogP contribution in [0.25, 0.3) is 0 Å². The number of aliphatic hydroxyl groups is 1. The number of nitrogens with one attached hydrogen (secondary N) is 4. The minimum Gasteiger partial charge on any atom is -0.481 e. The minimum absolute atomic E-state index is 0.174. The molecule has 1 rings (SSSR count). The largest absolute Gasteiger partial charge is 0.481 e. The molecule has 0 spiro atoms. The van der Waals surface area contributed by atoms with E-state index in [1.165, 1.54) is 12.5 Å². The molecule has 11 N–H and O–H groups in total. The molecule has 0 saturated heterocycles. The number of hydrogen-bond donors (Lipinski definition) is 9. The topological polar surface area (TPSA) is 263 Å². The van der Waals surface area contributed by atoms with Gasteiger partial charge in [0.05, 0.1) is 25.4 Å². The number of hydrogen-bond acceptors (Lipinski definition) is 9. The summed E-state index contributed by atoms with van der Waals surface area (Å²) in [5.41, 5.74) is 11.5. The number of nitrogens with two attached hydrogens (primary N) is 2. The Hall–Kier alpha value is -3.56. The Morgan fingerprint density at radius 3 is 2.12 bits per heavy atom. The Labute approximate surface area is 194 Å². The number of aliphatic carboxylic acids is 2. The van der Waals surface area contributed by atoms with Crippen molar-refractivity contribution in [2.75, 3.05) is 13.2 Å². The summed E-state index contributed by atoms with van der Waals surface area (Å²) in [6.07, 6.45) is 3.13. The number of H-pyrrole nitrogens is 1. The van der Waals surface area contributed by atoms with Crippen molar-refractivity contribution in [1.82, 2.24) is 25.9 Å². The molecule has 190 valence electrons. The fourth-order valence-corrected chi connectivity index (χ4v) is 2.86. The molecule has 4 atom stereocenters. The Kier molecular flexibility index (Phi) is 12.2. The van der Waals surface area contributed by atoms with Crippen molar-refractivity contribution in [1.29, 1.82) is 0 Å². The average Bonchev–Trinajstić information content (AvgIpc) is 3.29. The molecule has 0 radical (unpaired) electrons. The highest BCUT2D eigenvalue weighted by atomic mass is 16.4. The summed E-state index contributed by atoms with van der Waals surface area (Å²) < 4.78 is 0. The van der Waals surface area contributed by atoms with Crippen LogP contribution in [0.15, 0.2) is 12.5 Å². The maximum absolute atomic E-state index is 12.6. The Morgan fingerprint density at radius 1 is 0.971 bits per heavy atom. The molecule has 34 heavy (non-hydrogen) atoms. The van der Waals surface area contributed by atoms with Gasteiger partial charge in [-0.15, -0.1) is 0 Å². The molecule has 4 unspecified atom stereocenters. The van der Waals surface area contributed by atoms with Crippen LogP contribution in [0.5, 0.6) is 0 Å². The van der Waals surface area contributed by atoms with E-state index < -0.39 is 66.9 Å². The molecule has 0 aliphatic carbocycles. The van der Waals surface area contributed by atoms with E-state index >= 15 is 0 Å². The molecule has 15 heteroatoms.